The summed E-state index contributed by atoms with van der Waals surface area (Å²) in [5.41, 5.74) is 0.0546. The van der Waals surface area contributed by atoms with Crippen molar-refractivity contribution in [2.75, 3.05) is 45.9 Å². The molecule has 2 aliphatic heterocycles. The van der Waals surface area contributed by atoms with Crippen LogP contribution in [-0.2, 0) is 20.5 Å². The maximum Gasteiger partial charge on any atom is 0.416 e. The second kappa shape index (κ2) is 11.6. The Morgan fingerprint density at radius 1 is 1.14 bits per heavy atom. The number of nitrogens with one attached hydrogen (secondary N) is 1. The quantitative estimate of drug-likeness (QED) is 0.430. The normalized spacial score (nSPS) is 19.2. The summed E-state index contributed by atoms with van der Waals surface area (Å²) < 4.78 is 44.6. The molecular formula is C25H31F3N4O4. The number of hydrogen-bond donors (Lipinski definition) is 1. The van der Waals surface area contributed by atoms with Gasteiger partial charge in [0.15, 0.2) is 0 Å². The fraction of sp³-hybridized carbons (Fsp3) is 0.480. The highest BCUT2D eigenvalue weighted by Crippen LogP contribution is 2.35. The van der Waals surface area contributed by atoms with Crippen molar-refractivity contribution < 1.29 is 32.3 Å². The molecule has 11 heteroatoms. The number of ether oxygens (including phenoxy) is 1. The van der Waals surface area contributed by atoms with E-state index in [0.717, 1.165) is 12.1 Å². The molecule has 36 heavy (non-hydrogen) atoms. The van der Waals surface area contributed by atoms with E-state index in [1.165, 1.54) is 23.1 Å². The topological polar surface area (TPSA) is 82.2 Å². The van der Waals surface area contributed by atoms with E-state index in [1.54, 1.807) is 18.7 Å². The van der Waals surface area contributed by atoms with E-state index in [2.05, 4.69) is 11.9 Å². The van der Waals surface area contributed by atoms with Gasteiger partial charge >= 0.3 is 18.2 Å². The fourth-order valence-corrected chi connectivity index (χ4v) is 4.35. The molecule has 3 amide bonds. The van der Waals surface area contributed by atoms with Gasteiger partial charge in [0.1, 0.15) is 0 Å². The zero-order valence-electron chi connectivity index (χ0n) is 20.4. The number of piperazine rings is 1. The Balaban J connectivity index is 2.01. The van der Waals surface area contributed by atoms with Crippen LogP contribution in [0.5, 0.6) is 0 Å². The maximum atomic E-state index is 13.2. The zero-order chi connectivity index (χ0) is 26.5. The third-order valence-electron chi connectivity index (χ3n) is 6.22. The number of urea groups is 1. The molecule has 1 unspecified atom stereocenters. The number of hydrogen-bond acceptors (Lipinski definition) is 5. The Hall–Kier alpha value is -3.34. The van der Waals surface area contributed by atoms with Crippen LogP contribution in [0.15, 0.2) is 48.2 Å². The summed E-state index contributed by atoms with van der Waals surface area (Å²) in [5.74, 6) is -0.597. The second-order valence-electron chi connectivity index (χ2n) is 8.49. The highest BCUT2D eigenvalue weighted by Gasteiger charge is 2.39. The van der Waals surface area contributed by atoms with Crippen LogP contribution in [0.4, 0.5) is 18.0 Å². The molecule has 0 aliphatic carbocycles. The molecule has 1 fully saturated rings. The largest absolute Gasteiger partial charge is 0.463 e. The van der Waals surface area contributed by atoms with E-state index in [0.29, 0.717) is 43.9 Å². The SMILES string of the molecule is C=CCN1C(=O)NC(c2ccc(C(F)(F)F)cc2)C(C(=O)OCC)=C1CN1CCN(C(=O)CC)CC1. The lowest BCUT2D eigenvalue weighted by Crippen LogP contribution is -2.53. The van der Waals surface area contributed by atoms with Crippen LogP contribution in [-0.4, -0.2) is 78.5 Å². The van der Waals surface area contributed by atoms with E-state index < -0.39 is 29.8 Å². The minimum Gasteiger partial charge on any atom is -0.463 e. The molecule has 2 heterocycles. The number of rotatable bonds is 8. The van der Waals surface area contributed by atoms with Gasteiger partial charge in [-0.05, 0) is 24.6 Å². The smallest absolute Gasteiger partial charge is 0.416 e. The molecule has 8 nitrogen and oxygen atoms in total. The van der Waals surface area contributed by atoms with Crippen LogP contribution in [0.2, 0.25) is 0 Å². The molecule has 0 radical (unpaired) electrons. The molecule has 1 aromatic carbocycles. The first-order chi connectivity index (χ1) is 17.1. The Labute approximate surface area is 208 Å². The number of halogens is 3. The van der Waals surface area contributed by atoms with Crippen molar-refractivity contribution in [2.24, 2.45) is 0 Å². The molecule has 1 N–H and O–H groups in total. The van der Waals surface area contributed by atoms with Gasteiger partial charge in [-0.2, -0.15) is 13.2 Å². The summed E-state index contributed by atoms with van der Waals surface area (Å²) in [4.78, 5) is 43.5. The van der Waals surface area contributed by atoms with Crippen molar-refractivity contribution in [1.82, 2.24) is 20.0 Å². The van der Waals surface area contributed by atoms with Gasteiger partial charge < -0.3 is 15.0 Å². The minimum absolute atomic E-state index is 0.0637. The summed E-state index contributed by atoms with van der Waals surface area (Å²) in [7, 11) is 0. The van der Waals surface area contributed by atoms with Crippen molar-refractivity contribution in [3.8, 4) is 0 Å². The Bertz CT molecular complexity index is 1020. The van der Waals surface area contributed by atoms with Gasteiger partial charge in [0.05, 0.1) is 23.8 Å². The van der Waals surface area contributed by atoms with Crippen LogP contribution >= 0.6 is 0 Å². The van der Waals surface area contributed by atoms with Crippen LogP contribution in [0.25, 0.3) is 0 Å². The lowest BCUT2D eigenvalue weighted by Gasteiger charge is -2.40. The average Bonchev–Trinajstić information content (AvgIpc) is 2.85. The van der Waals surface area contributed by atoms with Gasteiger partial charge in [0.25, 0.3) is 0 Å². The lowest BCUT2D eigenvalue weighted by molar-refractivity contribution is -0.139. The van der Waals surface area contributed by atoms with Crippen molar-refractivity contribution in [2.45, 2.75) is 32.5 Å². The van der Waals surface area contributed by atoms with Crippen LogP contribution in [0.1, 0.15) is 37.4 Å². The Morgan fingerprint density at radius 2 is 1.78 bits per heavy atom. The molecule has 3 rings (SSSR count). The summed E-state index contributed by atoms with van der Waals surface area (Å²) in [6.45, 7) is 9.71. The highest BCUT2D eigenvalue weighted by molar-refractivity contribution is 5.95. The Kier molecular flexibility index (Phi) is 8.78. The molecule has 1 saturated heterocycles. The van der Waals surface area contributed by atoms with Crippen molar-refractivity contribution in [3.05, 3.63) is 59.3 Å². The van der Waals surface area contributed by atoms with Gasteiger partial charge in [-0.1, -0.05) is 25.1 Å². The summed E-state index contributed by atoms with van der Waals surface area (Å²) in [6, 6.07) is 2.86. The molecule has 2 aliphatic rings. The van der Waals surface area contributed by atoms with Crippen LogP contribution < -0.4 is 5.32 Å². The molecule has 0 bridgehead atoms. The van der Waals surface area contributed by atoms with Gasteiger partial charge in [-0.15, -0.1) is 6.58 Å². The summed E-state index contributed by atoms with van der Waals surface area (Å²) in [6.07, 6.45) is -2.57. The summed E-state index contributed by atoms with van der Waals surface area (Å²) >= 11 is 0. The van der Waals surface area contributed by atoms with E-state index in [9.17, 15) is 27.6 Å². The maximum absolute atomic E-state index is 13.2. The van der Waals surface area contributed by atoms with Crippen molar-refractivity contribution in [3.63, 3.8) is 0 Å². The first-order valence-corrected chi connectivity index (χ1v) is 11.9. The minimum atomic E-state index is -4.51. The predicted octanol–water partition coefficient (Wildman–Crippen LogP) is 3.33. The molecule has 0 saturated carbocycles. The van der Waals surface area contributed by atoms with Crippen molar-refractivity contribution in [1.29, 1.82) is 0 Å². The van der Waals surface area contributed by atoms with Crippen LogP contribution in [0, 0.1) is 0 Å². The number of carbonyl (C=O) groups is 3. The standard InChI is InChI=1S/C25H31F3N4O4/c1-4-11-32-19(16-30-12-14-31(15-13-30)20(33)5-2)21(23(34)36-6-3)22(29-24(32)35)17-7-9-18(10-8-17)25(26,27)28/h4,7-10,22H,1,5-6,11-16H2,2-3H3,(H,29,35). The predicted molar refractivity (Wildman–Crippen MR) is 127 cm³/mol. The number of carbonyl (C=O) groups excluding carboxylic acids is 3. The van der Waals surface area contributed by atoms with Crippen molar-refractivity contribution >= 4 is 17.9 Å². The monoisotopic (exact) mass is 508 g/mol. The van der Waals surface area contributed by atoms with Gasteiger partial charge in [-0.3, -0.25) is 14.6 Å². The molecule has 0 aromatic heterocycles. The van der Waals surface area contributed by atoms with Gasteiger partial charge in [-0.25, -0.2) is 9.59 Å². The molecule has 0 spiro atoms. The highest BCUT2D eigenvalue weighted by atomic mass is 19.4. The zero-order valence-corrected chi connectivity index (χ0v) is 20.4. The molecule has 1 atom stereocenters. The number of amides is 3. The summed E-state index contributed by atoms with van der Waals surface area (Å²) in [5, 5.41) is 2.74. The number of nitrogens with zero attached hydrogens (tertiary/aromatic N) is 3. The molecule has 1 aromatic rings. The Morgan fingerprint density at radius 3 is 2.31 bits per heavy atom. The lowest BCUT2D eigenvalue weighted by atomic mass is 9.93. The number of alkyl halides is 3. The first-order valence-electron chi connectivity index (χ1n) is 11.9. The first kappa shape index (κ1) is 27.3. The molecule has 196 valence electrons. The second-order valence-corrected chi connectivity index (χ2v) is 8.49. The number of benzene rings is 1. The third kappa shape index (κ3) is 6.07. The van der Waals surface area contributed by atoms with E-state index in [1.807, 2.05) is 4.90 Å². The number of esters is 1. The fourth-order valence-electron chi connectivity index (χ4n) is 4.35. The van der Waals surface area contributed by atoms with E-state index in [4.69, 9.17) is 4.74 Å². The van der Waals surface area contributed by atoms with E-state index in [-0.39, 0.29) is 31.2 Å². The molecular weight excluding hydrogens is 477 g/mol. The van der Waals surface area contributed by atoms with Gasteiger partial charge in [0, 0.05) is 51.4 Å². The average molecular weight is 509 g/mol. The van der Waals surface area contributed by atoms with Gasteiger partial charge in [0.2, 0.25) is 5.91 Å². The van der Waals surface area contributed by atoms with E-state index >= 15 is 0 Å². The third-order valence-corrected chi connectivity index (χ3v) is 6.22. The van der Waals surface area contributed by atoms with Crippen LogP contribution in [0.3, 0.4) is 0 Å².